The minimum atomic E-state index is -4.72. The summed E-state index contributed by atoms with van der Waals surface area (Å²) in [4.78, 5) is 15.9. The Morgan fingerprint density at radius 3 is 2.50 bits per heavy atom. The lowest BCUT2D eigenvalue weighted by molar-refractivity contribution is -0.159. The molecule has 0 aromatic carbocycles. The van der Waals surface area contributed by atoms with Gasteiger partial charge in [-0.15, -0.1) is 0 Å². The van der Waals surface area contributed by atoms with Crippen molar-refractivity contribution in [2.24, 2.45) is 0 Å². The Morgan fingerprint density at radius 1 is 1.25 bits per heavy atom. The number of hydrogen-bond donors (Lipinski definition) is 2. The second kappa shape index (κ2) is 6.25. The first-order valence-corrected chi connectivity index (χ1v) is 7.64. The lowest BCUT2D eigenvalue weighted by Crippen LogP contribution is -2.46. The fraction of sp³-hybridized carbons (Fsp3) is 0.571. The Balaban J connectivity index is 1.93. The molecule has 0 radical (unpaired) electrons. The van der Waals surface area contributed by atoms with Gasteiger partial charge < -0.3 is 9.84 Å². The maximum absolute atomic E-state index is 12.8. The lowest BCUT2D eigenvalue weighted by atomic mass is 9.89. The van der Waals surface area contributed by atoms with Gasteiger partial charge in [-0.05, 0) is 18.9 Å². The topological polar surface area (TPSA) is 96.7 Å². The van der Waals surface area contributed by atoms with Gasteiger partial charge in [-0.2, -0.15) is 23.3 Å². The highest BCUT2D eigenvalue weighted by Gasteiger charge is 2.44. The van der Waals surface area contributed by atoms with E-state index in [9.17, 15) is 18.0 Å². The summed E-state index contributed by atoms with van der Waals surface area (Å²) in [6.45, 7) is 0. The molecular formula is C14H16F3N5O2. The van der Waals surface area contributed by atoms with Crippen LogP contribution in [0.15, 0.2) is 16.8 Å². The number of nitrogens with one attached hydrogen (secondary N) is 2. The molecule has 0 atom stereocenters. The van der Waals surface area contributed by atoms with E-state index in [2.05, 4.69) is 30.2 Å². The van der Waals surface area contributed by atoms with Crippen LogP contribution in [0.3, 0.4) is 0 Å². The van der Waals surface area contributed by atoms with Gasteiger partial charge in [-0.3, -0.25) is 9.89 Å². The minimum Gasteiger partial charge on any atom is -0.338 e. The number of aromatic nitrogens is 4. The molecule has 1 aliphatic carbocycles. The Bertz CT molecular complexity index is 688. The van der Waals surface area contributed by atoms with E-state index in [1.165, 1.54) is 12.3 Å². The van der Waals surface area contributed by atoms with Crippen LogP contribution >= 0.6 is 0 Å². The zero-order chi connectivity index (χ0) is 17.2. The number of amides is 1. The van der Waals surface area contributed by atoms with Crippen molar-refractivity contribution >= 4 is 5.91 Å². The van der Waals surface area contributed by atoms with E-state index >= 15 is 0 Å². The number of nitrogens with zero attached hydrogens (tertiary/aromatic N) is 3. The number of hydrogen-bond acceptors (Lipinski definition) is 5. The van der Waals surface area contributed by atoms with Crippen LogP contribution in [0.2, 0.25) is 0 Å². The third-order valence-corrected chi connectivity index (χ3v) is 4.15. The number of aromatic amines is 1. The van der Waals surface area contributed by atoms with Crippen molar-refractivity contribution in [1.82, 2.24) is 25.7 Å². The van der Waals surface area contributed by atoms with Gasteiger partial charge in [0.2, 0.25) is 0 Å². The summed E-state index contributed by atoms with van der Waals surface area (Å²) in [5.74, 6) is -2.01. The summed E-state index contributed by atoms with van der Waals surface area (Å²) < 4.78 is 42.6. The molecule has 3 rings (SSSR count). The molecule has 2 aromatic heterocycles. The second-order valence-electron chi connectivity index (χ2n) is 5.84. The smallest absolute Gasteiger partial charge is 0.338 e. The van der Waals surface area contributed by atoms with Crippen LogP contribution in [-0.4, -0.2) is 26.2 Å². The van der Waals surface area contributed by atoms with Crippen molar-refractivity contribution < 1.29 is 22.5 Å². The molecule has 2 heterocycles. The molecule has 2 aromatic rings. The first-order valence-electron chi connectivity index (χ1n) is 7.64. The Morgan fingerprint density at radius 2 is 1.96 bits per heavy atom. The van der Waals surface area contributed by atoms with E-state index < -0.39 is 23.5 Å². The Labute approximate surface area is 135 Å². The van der Waals surface area contributed by atoms with E-state index in [0.29, 0.717) is 12.8 Å². The average Bonchev–Trinajstić information content (AvgIpc) is 3.17. The molecule has 10 heteroatoms. The van der Waals surface area contributed by atoms with Crippen LogP contribution < -0.4 is 5.32 Å². The van der Waals surface area contributed by atoms with Crippen LogP contribution in [0.25, 0.3) is 0 Å². The SMILES string of the molecule is O=C(NC1(c2noc(C(F)(F)F)n2)CCCCCC1)c1ccn[nH]1. The zero-order valence-corrected chi connectivity index (χ0v) is 12.7. The molecule has 7 nitrogen and oxygen atoms in total. The summed E-state index contributed by atoms with van der Waals surface area (Å²) in [6, 6.07) is 1.48. The number of halogens is 3. The minimum absolute atomic E-state index is 0.135. The average molecular weight is 343 g/mol. The molecule has 1 amide bonds. The molecule has 1 fully saturated rings. The van der Waals surface area contributed by atoms with Gasteiger partial charge in [-0.1, -0.05) is 30.8 Å². The standard InChI is InChI=1S/C14H16F3N5O2/c15-14(16,17)12-19-11(22-24-12)13(6-3-1-2-4-7-13)20-10(23)9-5-8-18-21-9/h5,8H,1-4,6-7H2,(H,18,21)(H,20,23). The van der Waals surface area contributed by atoms with Gasteiger partial charge in [-0.25, -0.2) is 0 Å². The molecule has 0 spiro atoms. The van der Waals surface area contributed by atoms with Crippen molar-refractivity contribution in [2.75, 3.05) is 0 Å². The van der Waals surface area contributed by atoms with E-state index in [1.54, 1.807) is 0 Å². The first-order chi connectivity index (χ1) is 11.4. The molecule has 1 saturated carbocycles. The normalized spacial score (nSPS) is 18.1. The predicted molar refractivity (Wildman–Crippen MR) is 74.7 cm³/mol. The molecule has 0 unspecified atom stereocenters. The van der Waals surface area contributed by atoms with Crippen LogP contribution in [0.4, 0.5) is 13.2 Å². The highest BCUT2D eigenvalue weighted by atomic mass is 19.4. The van der Waals surface area contributed by atoms with Gasteiger partial charge >= 0.3 is 12.1 Å². The molecule has 2 N–H and O–H groups in total. The fourth-order valence-corrected chi connectivity index (χ4v) is 2.94. The molecule has 0 aliphatic heterocycles. The van der Waals surface area contributed by atoms with E-state index in [-0.39, 0.29) is 11.5 Å². The third-order valence-electron chi connectivity index (χ3n) is 4.15. The second-order valence-corrected chi connectivity index (χ2v) is 5.84. The molecule has 0 bridgehead atoms. The first kappa shape index (κ1) is 16.5. The number of carbonyl (C=O) groups excluding carboxylic acids is 1. The molecule has 130 valence electrons. The fourth-order valence-electron chi connectivity index (χ4n) is 2.94. The van der Waals surface area contributed by atoms with E-state index in [0.717, 1.165) is 25.7 Å². The van der Waals surface area contributed by atoms with Crippen molar-refractivity contribution in [3.63, 3.8) is 0 Å². The maximum atomic E-state index is 12.8. The van der Waals surface area contributed by atoms with Gasteiger partial charge in [0, 0.05) is 6.20 Å². The van der Waals surface area contributed by atoms with Gasteiger partial charge in [0.25, 0.3) is 5.91 Å². The van der Waals surface area contributed by atoms with Crippen molar-refractivity contribution in [3.05, 3.63) is 29.7 Å². The van der Waals surface area contributed by atoms with Crippen LogP contribution in [0, 0.1) is 0 Å². The molecule has 0 saturated heterocycles. The third kappa shape index (κ3) is 3.26. The molecule has 24 heavy (non-hydrogen) atoms. The summed E-state index contributed by atoms with van der Waals surface area (Å²) in [5, 5.41) is 12.5. The highest BCUT2D eigenvalue weighted by Crippen LogP contribution is 2.36. The van der Waals surface area contributed by atoms with E-state index in [1.807, 2.05) is 0 Å². The van der Waals surface area contributed by atoms with Crippen LogP contribution in [0.1, 0.15) is 60.7 Å². The Kier molecular flexibility index (Phi) is 4.29. The van der Waals surface area contributed by atoms with Crippen molar-refractivity contribution in [3.8, 4) is 0 Å². The lowest BCUT2D eigenvalue weighted by Gasteiger charge is -2.30. The van der Waals surface area contributed by atoms with E-state index in [4.69, 9.17) is 0 Å². The summed E-state index contributed by atoms with van der Waals surface area (Å²) in [6.07, 6.45) is 0.971. The number of carbonyl (C=O) groups is 1. The predicted octanol–water partition coefficient (Wildman–Crippen LogP) is 2.79. The van der Waals surface area contributed by atoms with Crippen molar-refractivity contribution in [2.45, 2.75) is 50.2 Å². The summed E-state index contributed by atoms with van der Waals surface area (Å²) >= 11 is 0. The molecule has 1 aliphatic rings. The quantitative estimate of drug-likeness (QED) is 0.835. The maximum Gasteiger partial charge on any atom is 0.471 e. The monoisotopic (exact) mass is 343 g/mol. The summed E-state index contributed by atoms with van der Waals surface area (Å²) in [7, 11) is 0. The van der Waals surface area contributed by atoms with Gasteiger partial charge in [0.05, 0.1) is 0 Å². The van der Waals surface area contributed by atoms with Crippen LogP contribution in [-0.2, 0) is 11.7 Å². The van der Waals surface area contributed by atoms with Gasteiger partial charge in [0.15, 0.2) is 5.82 Å². The number of alkyl halides is 3. The summed E-state index contributed by atoms with van der Waals surface area (Å²) in [5.41, 5.74) is -0.857. The van der Waals surface area contributed by atoms with Crippen LogP contribution in [0.5, 0.6) is 0 Å². The Hall–Kier alpha value is -2.39. The van der Waals surface area contributed by atoms with Gasteiger partial charge in [0.1, 0.15) is 11.2 Å². The number of rotatable bonds is 3. The largest absolute Gasteiger partial charge is 0.471 e. The zero-order valence-electron chi connectivity index (χ0n) is 12.7. The number of H-pyrrole nitrogens is 1. The highest BCUT2D eigenvalue weighted by molar-refractivity contribution is 5.92. The van der Waals surface area contributed by atoms with Crippen molar-refractivity contribution in [1.29, 1.82) is 0 Å². The molecular weight excluding hydrogens is 327 g/mol.